The predicted octanol–water partition coefficient (Wildman–Crippen LogP) is 3.96. The standard InChI is InChI=1S/C16H17ClN2/c1-11-9-18-7-6-15(11)12-2-3-13(16(17)8-12)10-19-14-4-5-14/h2-3,6-9,14,19H,4-5,10H2,1H3. The number of benzene rings is 1. The van der Waals surface area contributed by atoms with Crippen LogP contribution in [0.2, 0.25) is 5.02 Å². The van der Waals surface area contributed by atoms with E-state index in [9.17, 15) is 0 Å². The van der Waals surface area contributed by atoms with Crippen molar-refractivity contribution in [3.8, 4) is 11.1 Å². The molecule has 2 nitrogen and oxygen atoms in total. The SMILES string of the molecule is Cc1cnccc1-c1ccc(CNC2CC2)c(Cl)c1. The highest BCUT2D eigenvalue weighted by atomic mass is 35.5. The van der Waals surface area contributed by atoms with Gasteiger partial charge < -0.3 is 5.32 Å². The molecule has 0 bridgehead atoms. The summed E-state index contributed by atoms with van der Waals surface area (Å²) < 4.78 is 0. The second-order valence-electron chi connectivity index (χ2n) is 5.15. The van der Waals surface area contributed by atoms with Crippen molar-refractivity contribution >= 4 is 11.6 Å². The maximum absolute atomic E-state index is 6.38. The van der Waals surface area contributed by atoms with Crippen molar-refractivity contribution in [3.05, 3.63) is 52.8 Å². The third kappa shape index (κ3) is 2.96. The van der Waals surface area contributed by atoms with E-state index in [-0.39, 0.29) is 0 Å². The van der Waals surface area contributed by atoms with E-state index in [1.54, 1.807) is 0 Å². The Morgan fingerprint density at radius 2 is 2.16 bits per heavy atom. The van der Waals surface area contributed by atoms with Gasteiger partial charge >= 0.3 is 0 Å². The summed E-state index contributed by atoms with van der Waals surface area (Å²) in [5.41, 5.74) is 4.69. The average molecular weight is 273 g/mol. The minimum Gasteiger partial charge on any atom is -0.310 e. The van der Waals surface area contributed by atoms with Crippen molar-refractivity contribution in [2.45, 2.75) is 32.4 Å². The predicted molar refractivity (Wildman–Crippen MR) is 79.3 cm³/mol. The molecule has 3 rings (SSSR count). The first kappa shape index (κ1) is 12.6. The number of nitrogens with one attached hydrogen (secondary N) is 1. The van der Waals surface area contributed by atoms with Crippen LogP contribution in [0, 0.1) is 6.92 Å². The van der Waals surface area contributed by atoms with Crippen LogP contribution in [0.5, 0.6) is 0 Å². The minimum absolute atomic E-state index is 0.707. The molecule has 2 aromatic rings. The lowest BCUT2D eigenvalue weighted by atomic mass is 10.0. The summed E-state index contributed by atoms with van der Waals surface area (Å²) >= 11 is 6.38. The molecular weight excluding hydrogens is 256 g/mol. The van der Waals surface area contributed by atoms with E-state index in [4.69, 9.17) is 11.6 Å². The number of hydrogen-bond donors (Lipinski definition) is 1. The fourth-order valence-electron chi connectivity index (χ4n) is 2.20. The lowest BCUT2D eigenvalue weighted by Crippen LogP contribution is -2.15. The third-order valence-corrected chi connectivity index (χ3v) is 3.89. The Labute approximate surface area is 118 Å². The molecule has 0 saturated heterocycles. The zero-order valence-corrected chi connectivity index (χ0v) is 11.7. The summed E-state index contributed by atoms with van der Waals surface area (Å²) in [6, 6.07) is 9.04. The maximum atomic E-state index is 6.38. The van der Waals surface area contributed by atoms with Gasteiger partial charge in [-0.15, -0.1) is 0 Å². The quantitative estimate of drug-likeness (QED) is 0.911. The third-order valence-electron chi connectivity index (χ3n) is 3.54. The molecule has 0 aliphatic heterocycles. The van der Waals surface area contributed by atoms with Gasteiger partial charge in [0.15, 0.2) is 0 Å². The fraction of sp³-hybridized carbons (Fsp3) is 0.312. The first-order chi connectivity index (χ1) is 9.24. The Balaban J connectivity index is 1.84. The van der Waals surface area contributed by atoms with Crippen LogP contribution in [0.25, 0.3) is 11.1 Å². The lowest BCUT2D eigenvalue weighted by Gasteiger charge is -2.10. The summed E-state index contributed by atoms with van der Waals surface area (Å²) in [4.78, 5) is 4.12. The summed E-state index contributed by atoms with van der Waals surface area (Å²) in [6.07, 6.45) is 6.29. The molecule has 1 aliphatic carbocycles. The highest BCUT2D eigenvalue weighted by Crippen LogP contribution is 2.28. The molecular formula is C16H17ClN2. The first-order valence-corrected chi connectivity index (χ1v) is 7.04. The van der Waals surface area contributed by atoms with Crippen LogP contribution in [0.15, 0.2) is 36.7 Å². The topological polar surface area (TPSA) is 24.9 Å². The van der Waals surface area contributed by atoms with Crippen LogP contribution in [-0.2, 0) is 6.54 Å². The first-order valence-electron chi connectivity index (χ1n) is 6.67. The molecule has 1 heterocycles. The van der Waals surface area contributed by atoms with Crippen molar-refractivity contribution in [2.75, 3.05) is 0 Å². The monoisotopic (exact) mass is 272 g/mol. The molecule has 0 radical (unpaired) electrons. The highest BCUT2D eigenvalue weighted by Gasteiger charge is 2.20. The second kappa shape index (κ2) is 5.32. The molecule has 1 aromatic heterocycles. The van der Waals surface area contributed by atoms with Crippen molar-refractivity contribution in [3.63, 3.8) is 0 Å². The summed E-state index contributed by atoms with van der Waals surface area (Å²) in [7, 11) is 0. The summed E-state index contributed by atoms with van der Waals surface area (Å²) in [5, 5.41) is 4.32. The fourth-order valence-corrected chi connectivity index (χ4v) is 2.44. The van der Waals surface area contributed by atoms with Gasteiger partial charge in [-0.05, 0) is 54.2 Å². The van der Waals surface area contributed by atoms with Gasteiger partial charge in [0.1, 0.15) is 0 Å². The molecule has 1 saturated carbocycles. The maximum Gasteiger partial charge on any atom is 0.0457 e. The van der Waals surface area contributed by atoms with Gasteiger partial charge in [0.05, 0.1) is 0 Å². The largest absolute Gasteiger partial charge is 0.310 e. The molecule has 98 valence electrons. The van der Waals surface area contributed by atoms with E-state index in [2.05, 4.69) is 29.4 Å². The normalized spacial score (nSPS) is 14.6. The van der Waals surface area contributed by atoms with E-state index in [0.717, 1.165) is 17.1 Å². The number of rotatable bonds is 4. The molecule has 0 spiro atoms. The number of nitrogens with zero attached hydrogens (tertiary/aromatic N) is 1. The van der Waals surface area contributed by atoms with Crippen molar-refractivity contribution in [1.82, 2.24) is 10.3 Å². The van der Waals surface area contributed by atoms with Crippen molar-refractivity contribution in [1.29, 1.82) is 0 Å². The number of halogens is 1. The molecule has 1 aliphatic rings. The summed E-state index contributed by atoms with van der Waals surface area (Å²) in [6.45, 7) is 2.93. The van der Waals surface area contributed by atoms with E-state index >= 15 is 0 Å². The Kier molecular flexibility index (Phi) is 3.54. The number of pyridine rings is 1. The Morgan fingerprint density at radius 3 is 2.84 bits per heavy atom. The molecule has 1 fully saturated rings. The van der Waals surface area contributed by atoms with Gasteiger partial charge in [0, 0.05) is 30.0 Å². The van der Waals surface area contributed by atoms with Crippen LogP contribution < -0.4 is 5.32 Å². The van der Waals surface area contributed by atoms with E-state index < -0.39 is 0 Å². The van der Waals surface area contributed by atoms with Crippen LogP contribution in [0.3, 0.4) is 0 Å². The number of hydrogen-bond acceptors (Lipinski definition) is 2. The Morgan fingerprint density at radius 1 is 1.32 bits per heavy atom. The molecule has 1 aromatic carbocycles. The average Bonchev–Trinajstić information content (AvgIpc) is 3.22. The minimum atomic E-state index is 0.707. The smallest absolute Gasteiger partial charge is 0.0457 e. The second-order valence-corrected chi connectivity index (χ2v) is 5.56. The van der Waals surface area contributed by atoms with E-state index in [1.807, 2.05) is 24.5 Å². The van der Waals surface area contributed by atoms with E-state index in [1.165, 1.54) is 29.5 Å². The van der Waals surface area contributed by atoms with Crippen LogP contribution in [0.4, 0.5) is 0 Å². The number of aromatic nitrogens is 1. The molecule has 19 heavy (non-hydrogen) atoms. The Bertz CT molecular complexity index is 591. The van der Waals surface area contributed by atoms with Crippen LogP contribution in [0.1, 0.15) is 24.0 Å². The zero-order chi connectivity index (χ0) is 13.2. The highest BCUT2D eigenvalue weighted by molar-refractivity contribution is 6.31. The van der Waals surface area contributed by atoms with Gasteiger partial charge in [-0.25, -0.2) is 0 Å². The number of aryl methyl sites for hydroxylation is 1. The van der Waals surface area contributed by atoms with Crippen LogP contribution in [-0.4, -0.2) is 11.0 Å². The molecule has 3 heteroatoms. The van der Waals surface area contributed by atoms with Crippen molar-refractivity contribution in [2.24, 2.45) is 0 Å². The van der Waals surface area contributed by atoms with Gasteiger partial charge in [0.2, 0.25) is 0 Å². The van der Waals surface area contributed by atoms with Gasteiger partial charge in [-0.1, -0.05) is 23.7 Å². The lowest BCUT2D eigenvalue weighted by molar-refractivity contribution is 0.688. The summed E-state index contributed by atoms with van der Waals surface area (Å²) in [5.74, 6) is 0. The van der Waals surface area contributed by atoms with E-state index in [0.29, 0.717) is 6.04 Å². The molecule has 0 unspecified atom stereocenters. The molecule has 0 atom stereocenters. The van der Waals surface area contributed by atoms with Gasteiger partial charge in [0.25, 0.3) is 0 Å². The zero-order valence-electron chi connectivity index (χ0n) is 11.0. The van der Waals surface area contributed by atoms with Gasteiger partial charge in [-0.2, -0.15) is 0 Å². The molecule has 1 N–H and O–H groups in total. The molecule has 0 amide bonds. The van der Waals surface area contributed by atoms with Crippen LogP contribution >= 0.6 is 11.6 Å². The van der Waals surface area contributed by atoms with Crippen molar-refractivity contribution < 1.29 is 0 Å². The van der Waals surface area contributed by atoms with Gasteiger partial charge in [-0.3, -0.25) is 4.98 Å². The Hall–Kier alpha value is -1.38.